The second-order valence-electron chi connectivity index (χ2n) is 6.13. The number of piperazine rings is 1. The summed E-state index contributed by atoms with van der Waals surface area (Å²) in [5.74, 6) is 0.497. The van der Waals surface area contributed by atoms with Crippen molar-refractivity contribution in [1.29, 1.82) is 0 Å². The summed E-state index contributed by atoms with van der Waals surface area (Å²) < 4.78 is 5.31. The predicted octanol–water partition coefficient (Wildman–Crippen LogP) is 1.72. The zero-order valence-corrected chi connectivity index (χ0v) is 12.8. The lowest BCUT2D eigenvalue weighted by Gasteiger charge is -2.36. The van der Waals surface area contributed by atoms with Gasteiger partial charge >= 0.3 is 0 Å². The summed E-state index contributed by atoms with van der Waals surface area (Å²) in [5.41, 5.74) is 2.59. The Labute approximate surface area is 126 Å². The molecule has 21 heavy (non-hydrogen) atoms. The summed E-state index contributed by atoms with van der Waals surface area (Å²) >= 11 is 0. The number of hydrogen-bond donors (Lipinski definition) is 0. The highest BCUT2D eigenvalue weighted by molar-refractivity contribution is 5.83. The number of anilines is 1. The normalized spacial score (nSPS) is 23.5. The van der Waals surface area contributed by atoms with Crippen molar-refractivity contribution in [2.24, 2.45) is 5.92 Å². The van der Waals surface area contributed by atoms with Gasteiger partial charge in [0.25, 0.3) is 0 Å². The number of aryl methyl sites for hydroxylation is 1. The van der Waals surface area contributed by atoms with Crippen LogP contribution in [0.2, 0.25) is 0 Å². The summed E-state index contributed by atoms with van der Waals surface area (Å²) in [6, 6.07) is 8.64. The van der Waals surface area contributed by atoms with E-state index >= 15 is 0 Å². The van der Waals surface area contributed by atoms with E-state index in [0.717, 1.165) is 39.2 Å². The molecule has 3 rings (SSSR count). The minimum Gasteiger partial charge on any atom is -0.381 e. The van der Waals surface area contributed by atoms with Crippen LogP contribution in [-0.2, 0) is 9.53 Å². The fraction of sp³-hybridized carbons (Fsp3) is 0.588. The molecule has 2 saturated heterocycles. The first kappa shape index (κ1) is 14.5. The second-order valence-corrected chi connectivity index (χ2v) is 6.13. The smallest absolute Gasteiger partial charge is 0.152 e. The molecule has 2 fully saturated rings. The third kappa shape index (κ3) is 3.63. The molecule has 0 spiro atoms. The van der Waals surface area contributed by atoms with Crippen molar-refractivity contribution in [1.82, 2.24) is 4.90 Å². The maximum Gasteiger partial charge on any atom is 0.152 e. The van der Waals surface area contributed by atoms with Gasteiger partial charge in [0.1, 0.15) is 0 Å². The lowest BCUT2D eigenvalue weighted by Crippen LogP contribution is -2.48. The van der Waals surface area contributed by atoms with E-state index < -0.39 is 0 Å². The first-order valence-corrected chi connectivity index (χ1v) is 7.87. The van der Waals surface area contributed by atoms with Crippen LogP contribution < -0.4 is 4.90 Å². The zero-order chi connectivity index (χ0) is 14.7. The highest BCUT2D eigenvalue weighted by Crippen LogP contribution is 2.19. The second kappa shape index (κ2) is 6.58. The van der Waals surface area contributed by atoms with Crippen LogP contribution in [0.1, 0.15) is 12.0 Å². The Balaban J connectivity index is 1.49. The fourth-order valence-electron chi connectivity index (χ4n) is 3.13. The highest BCUT2D eigenvalue weighted by Gasteiger charge is 2.26. The van der Waals surface area contributed by atoms with Crippen LogP contribution in [0.15, 0.2) is 24.3 Å². The molecule has 0 radical (unpaired) electrons. The third-order valence-electron chi connectivity index (χ3n) is 4.50. The predicted molar refractivity (Wildman–Crippen MR) is 83.8 cm³/mol. The minimum atomic E-state index is 0.139. The van der Waals surface area contributed by atoms with Gasteiger partial charge in [0.05, 0.1) is 13.2 Å². The number of carbonyl (C=O) groups excluding carboxylic acids is 1. The van der Waals surface area contributed by atoms with Gasteiger partial charge < -0.3 is 9.64 Å². The zero-order valence-electron chi connectivity index (χ0n) is 12.8. The van der Waals surface area contributed by atoms with Gasteiger partial charge in [0, 0.05) is 44.4 Å². The lowest BCUT2D eigenvalue weighted by molar-refractivity contribution is -0.124. The highest BCUT2D eigenvalue weighted by atomic mass is 16.5. The SMILES string of the molecule is Cc1cccc(N2CCN(CC(=O)C3CCOC3)CC2)c1. The number of rotatable bonds is 4. The molecule has 0 bridgehead atoms. The first-order valence-electron chi connectivity index (χ1n) is 7.87. The molecule has 0 aliphatic carbocycles. The van der Waals surface area contributed by atoms with Gasteiger partial charge in [-0.15, -0.1) is 0 Å². The number of nitrogens with zero attached hydrogens (tertiary/aromatic N) is 2. The van der Waals surface area contributed by atoms with Crippen LogP contribution in [0.25, 0.3) is 0 Å². The summed E-state index contributed by atoms with van der Waals surface area (Å²) in [5, 5.41) is 0. The summed E-state index contributed by atoms with van der Waals surface area (Å²) in [6.45, 7) is 8.02. The molecule has 4 heteroatoms. The van der Waals surface area contributed by atoms with Crippen LogP contribution in [0.3, 0.4) is 0 Å². The van der Waals surface area contributed by atoms with E-state index in [0.29, 0.717) is 18.9 Å². The Bertz CT molecular complexity index is 489. The molecule has 0 saturated carbocycles. The van der Waals surface area contributed by atoms with Crippen molar-refractivity contribution < 1.29 is 9.53 Å². The van der Waals surface area contributed by atoms with Crippen LogP contribution in [0.4, 0.5) is 5.69 Å². The standard InChI is InChI=1S/C17H24N2O2/c1-14-3-2-4-16(11-14)19-8-6-18(7-9-19)12-17(20)15-5-10-21-13-15/h2-4,11,15H,5-10,12-13H2,1H3. The fourth-order valence-corrected chi connectivity index (χ4v) is 3.13. The number of ether oxygens (including phenoxy) is 1. The Morgan fingerprint density at radius 1 is 1.29 bits per heavy atom. The Hall–Kier alpha value is -1.39. The molecular weight excluding hydrogens is 264 g/mol. The molecule has 1 aromatic rings. The average molecular weight is 288 g/mol. The lowest BCUT2D eigenvalue weighted by atomic mass is 10.0. The Morgan fingerprint density at radius 2 is 2.10 bits per heavy atom. The molecule has 0 aromatic heterocycles. The van der Waals surface area contributed by atoms with E-state index in [1.54, 1.807) is 0 Å². The van der Waals surface area contributed by atoms with E-state index in [4.69, 9.17) is 4.74 Å². The summed E-state index contributed by atoms with van der Waals surface area (Å²) in [7, 11) is 0. The van der Waals surface area contributed by atoms with Crippen molar-refractivity contribution in [3.8, 4) is 0 Å². The largest absolute Gasteiger partial charge is 0.381 e. The molecule has 114 valence electrons. The molecule has 4 nitrogen and oxygen atoms in total. The van der Waals surface area contributed by atoms with Crippen molar-refractivity contribution in [3.05, 3.63) is 29.8 Å². The maximum atomic E-state index is 12.2. The van der Waals surface area contributed by atoms with Gasteiger partial charge in [0.2, 0.25) is 0 Å². The van der Waals surface area contributed by atoms with E-state index in [2.05, 4.69) is 41.0 Å². The molecule has 2 aliphatic heterocycles. The van der Waals surface area contributed by atoms with Gasteiger partial charge in [-0.2, -0.15) is 0 Å². The van der Waals surface area contributed by atoms with Gasteiger partial charge in [-0.3, -0.25) is 9.69 Å². The van der Waals surface area contributed by atoms with Crippen molar-refractivity contribution in [2.45, 2.75) is 13.3 Å². The summed E-state index contributed by atoms with van der Waals surface area (Å²) in [4.78, 5) is 16.9. The Morgan fingerprint density at radius 3 is 2.76 bits per heavy atom. The van der Waals surface area contributed by atoms with Gasteiger partial charge in [-0.25, -0.2) is 0 Å². The van der Waals surface area contributed by atoms with Crippen molar-refractivity contribution in [3.63, 3.8) is 0 Å². The molecule has 0 N–H and O–H groups in total. The molecule has 1 unspecified atom stereocenters. The number of benzene rings is 1. The molecule has 2 heterocycles. The topological polar surface area (TPSA) is 32.8 Å². The maximum absolute atomic E-state index is 12.2. The molecule has 1 aromatic carbocycles. The minimum absolute atomic E-state index is 0.139. The van der Waals surface area contributed by atoms with Crippen LogP contribution >= 0.6 is 0 Å². The van der Waals surface area contributed by atoms with Crippen molar-refractivity contribution >= 4 is 11.5 Å². The van der Waals surface area contributed by atoms with Gasteiger partial charge in [-0.05, 0) is 31.0 Å². The number of Topliss-reactive ketones (excluding diaryl/α,β-unsaturated/α-hetero) is 1. The van der Waals surface area contributed by atoms with E-state index in [-0.39, 0.29) is 5.92 Å². The van der Waals surface area contributed by atoms with E-state index in [9.17, 15) is 4.79 Å². The quantitative estimate of drug-likeness (QED) is 0.844. The van der Waals surface area contributed by atoms with E-state index in [1.807, 2.05) is 0 Å². The van der Waals surface area contributed by atoms with E-state index in [1.165, 1.54) is 11.3 Å². The monoisotopic (exact) mass is 288 g/mol. The Kier molecular flexibility index (Phi) is 4.56. The average Bonchev–Trinajstić information content (AvgIpc) is 3.02. The molecule has 2 aliphatic rings. The number of hydrogen-bond acceptors (Lipinski definition) is 4. The number of ketones is 1. The van der Waals surface area contributed by atoms with Gasteiger partial charge in [-0.1, -0.05) is 12.1 Å². The molecular formula is C17H24N2O2. The number of carbonyl (C=O) groups is 1. The van der Waals surface area contributed by atoms with Crippen LogP contribution in [0.5, 0.6) is 0 Å². The van der Waals surface area contributed by atoms with Crippen LogP contribution in [-0.4, -0.2) is 56.6 Å². The third-order valence-corrected chi connectivity index (χ3v) is 4.50. The van der Waals surface area contributed by atoms with Gasteiger partial charge in [0.15, 0.2) is 5.78 Å². The first-order chi connectivity index (χ1) is 10.2. The molecule has 0 amide bonds. The molecule has 1 atom stereocenters. The summed E-state index contributed by atoms with van der Waals surface area (Å²) in [6.07, 6.45) is 0.905. The van der Waals surface area contributed by atoms with Crippen LogP contribution in [0, 0.1) is 12.8 Å². The van der Waals surface area contributed by atoms with Crippen molar-refractivity contribution in [2.75, 3.05) is 50.8 Å².